The Labute approximate surface area is 94.0 Å². The Morgan fingerprint density at radius 3 is 2.33 bits per heavy atom. The predicted molar refractivity (Wildman–Crippen MR) is 51.0 cm³/mol. The zero-order chi connectivity index (χ0) is 11.8. The first-order chi connectivity index (χ1) is 6.79. The fourth-order valence-corrected chi connectivity index (χ4v) is 2.05. The third-order valence-electron chi connectivity index (χ3n) is 1.55. The van der Waals surface area contributed by atoms with Crippen LogP contribution in [-0.2, 0) is 9.05 Å². The molecule has 0 unspecified atom stereocenters. The van der Waals surface area contributed by atoms with Crippen LogP contribution in [0.4, 0.5) is 8.78 Å². The molecule has 0 aliphatic heterocycles. The summed E-state index contributed by atoms with van der Waals surface area (Å²) < 4.78 is 52.5. The van der Waals surface area contributed by atoms with Crippen LogP contribution in [0.25, 0.3) is 0 Å². The number of halogens is 4. The van der Waals surface area contributed by atoms with Crippen LogP contribution in [0.1, 0.15) is 0 Å². The van der Waals surface area contributed by atoms with Crippen LogP contribution in [0.15, 0.2) is 11.0 Å². The Hall–Kier alpha value is -0.590. The molecule has 3 nitrogen and oxygen atoms in total. The van der Waals surface area contributed by atoms with E-state index < -0.39 is 36.4 Å². The molecule has 84 valence electrons. The summed E-state index contributed by atoms with van der Waals surface area (Å²) in [6, 6.07) is 0.493. The standard InChI is InChI=1S/C7H4Cl2F2O3S/c1-14-7-4(15(9,12)13)2-3(10)5(8)6(7)11/h2H,1H3. The van der Waals surface area contributed by atoms with Gasteiger partial charge in [0.25, 0.3) is 9.05 Å². The van der Waals surface area contributed by atoms with Gasteiger partial charge in [-0.05, 0) is 6.07 Å². The molecule has 0 atom stereocenters. The largest absolute Gasteiger partial charge is 0.492 e. The van der Waals surface area contributed by atoms with E-state index in [1.165, 1.54) is 0 Å². The van der Waals surface area contributed by atoms with Crippen molar-refractivity contribution in [2.24, 2.45) is 0 Å². The van der Waals surface area contributed by atoms with Crippen molar-refractivity contribution in [1.82, 2.24) is 0 Å². The lowest BCUT2D eigenvalue weighted by Crippen LogP contribution is -2.01. The van der Waals surface area contributed by atoms with E-state index in [4.69, 9.17) is 22.3 Å². The molecule has 0 aliphatic rings. The van der Waals surface area contributed by atoms with Gasteiger partial charge in [-0.2, -0.15) is 0 Å². The topological polar surface area (TPSA) is 43.4 Å². The van der Waals surface area contributed by atoms with E-state index in [-0.39, 0.29) is 0 Å². The van der Waals surface area contributed by atoms with Gasteiger partial charge in [0.1, 0.15) is 15.7 Å². The number of methoxy groups -OCH3 is 1. The average molecular weight is 277 g/mol. The van der Waals surface area contributed by atoms with Crippen molar-refractivity contribution in [3.8, 4) is 5.75 Å². The molecule has 1 rings (SSSR count). The van der Waals surface area contributed by atoms with E-state index in [1.807, 2.05) is 0 Å². The van der Waals surface area contributed by atoms with Gasteiger partial charge in [0.05, 0.1) is 7.11 Å². The maximum Gasteiger partial charge on any atom is 0.265 e. The van der Waals surface area contributed by atoms with Gasteiger partial charge in [0, 0.05) is 10.7 Å². The number of benzene rings is 1. The Morgan fingerprint density at radius 1 is 1.40 bits per heavy atom. The summed E-state index contributed by atoms with van der Waals surface area (Å²) >= 11 is 5.22. The fourth-order valence-electron chi connectivity index (χ4n) is 0.928. The predicted octanol–water partition coefficient (Wildman–Crippen LogP) is 2.55. The van der Waals surface area contributed by atoms with Crippen LogP contribution in [0.5, 0.6) is 5.75 Å². The van der Waals surface area contributed by atoms with Crippen LogP contribution >= 0.6 is 22.3 Å². The average Bonchev–Trinajstić information content (AvgIpc) is 2.12. The molecule has 0 spiro atoms. The molecule has 1 aromatic rings. The molecule has 0 fully saturated rings. The third-order valence-corrected chi connectivity index (χ3v) is 3.22. The monoisotopic (exact) mass is 276 g/mol. The van der Waals surface area contributed by atoms with Crippen molar-refractivity contribution in [3.63, 3.8) is 0 Å². The van der Waals surface area contributed by atoms with Crippen molar-refractivity contribution in [3.05, 3.63) is 22.7 Å². The maximum absolute atomic E-state index is 13.2. The summed E-state index contributed by atoms with van der Waals surface area (Å²) in [6.07, 6.45) is 0. The van der Waals surface area contributed by atoms with Gasteiger partial charge in [-0.25, -0.2) is 17.2 Å². The molecular formula is C7H4Cl2F2O3S. The summed E-state index contributed by atoms with van der Waals surface area (Å²) in [4.78, 5) is -0.800. The molecule has 15 heavy (non-hydrogen) atoms. The molecule has 0 radical (unpaired) electrons. The highest BCUT2D eigenvalue weighted by Gasteiger charge is 2.25. The van der Waals surface area contributed by atoms with E-state index in [0.717, 1.165) is 7.11 Å². The first kappa shape index (κ1) is 12.5. The zero-order valence-corrected chi connectivity index (χ0v) is 9.55. The lowest BCUT2D eigenvalue weighted by Gasteiger charge is -2.08. The zero-order valence-electron chi connectivity index (χ0n) is 7.22. The first-order valence-electron chi connectivity index (χ1n) is 3.45. The van der Waals surface area contributed by atoms with Crippen LogP contribution in [-0.4, -0.2) is 15.5 Å². The lowest BCUT2D eigenvalue weighted by atomic mass is 10.3. The van der Waals surface area contributed by atoms with Crippen LogP contribution in [0.2, 0.25) is 5.02 Å². The second-order valence-electron chi connectivity index (χ2n) is 2.46. The number of rotatable bonds is 2. The highest BCUT2D eigenvalue weighted by molar-refractivity contribution is 8.13. The van der Waals surface area contributed by atoms with Gasteiger partial charge in [-0.3, -0.25) is 0 Å². The normalized spacial score (nSPS) is 11.5. The highest BCUT2D eigenvalue weighted by atomic mass is 35.7. The Bertz CT molecular complexity index is 501. The first-order valence-corrected chi connectivity index (χ1v) is 6.14. The van der Waals surface area contributed by atoms with Gasteiger partial charge >= 0.3 is 0 Å². The molecule has 0 saturated heterocycles. The Morgan fingerprint density at radius 2 is 1.93 bits per heavy atom. The molecule has 0 N–H and O–H groups in total. The van der Waals surface area contributed by atoms with Crippen LogP contribution in [0.3, 0.4) is 0 Å². The fraction of sp³-hybridized carbons (Fsp3) is 0.143. The minimum absolute atomic E-state index is 0.493. The summed E-state index contributed by atoms with van der Waals surface area (Å²) in [5.74, 6) is -3.25. The van der Waals surface area contributed by atoms with Crippen molar-refractivity contribution < 1.29 is 21.9 Å². The minimum atomic E-state index is -4.30. The smallest absolute Gasteiger partial charge is 0.265 e. The second-order valence-corrected chi connectivity index (χ2v) is 5.37. The second kappa shape index (κ2) is 4.11. The molecule has 0 amide bonds. The van der Waals surface area contributed by atoms with Crippen molar-refractivity contribution in [1.29, 1.82) is 0 Å². The van der Waals surface area contributed by atoms with Gasteiger partial charge in [-0.1, -0.05) is 11.6 Å². The van der Waals surface area contributed by atoms with Crippen molar-refractivity contribution in [2.75, 3.05) is 7.11 Å². The molecule has 0 aliphatic carbocycles. The number of hydrogen-bond donors (Lipinski definition) is 0. The highest BCUT2D eigenvalue weighted by Crippen LogP contribution is 2.35. The quantitative estimate of drug-likeness (QED) is 0.616. The van der Waals surface area contributed by atoms with Crippen molar-refractivity contribution in [2.45, 2.75) is 4.90 Å². The van der Waals surface area contributed by atoms with E-state index in [9.17, 15) is 17.2 Å². The SMILES string of the molecule is COc1c(S(=O)(=O)Cl)cc(F)c(Cl)c1F. The molecule has 0 heterocycles. The van der Waals surface area contributed by atoms with Gasteiger partial charge in [-0.15, -0.1) is 0 Å². The van der Waals surface area contributed by atoms with E-state index in [0.29, 0.717) is 6.07 Å². The third kappa shape index (κ3) is 2.32. The molecule has 1 aromatic carbocycles. The molecule has 0 bridgehead atoms. The van der Waals surface area contributed by atoms with E-state index in [2.05, 4.69) is 4.74 Å². The summed E-state index contributed by atoms with van der Waals surface area (Å²) in [6.45, 7) is 0. The molecular weight excluding hydrogens is 273 g/mol. The molecule has 8 heteroatoms. The van der Waals surface area contributed by atoms with Crippen LogP contribution in [0, 0.1) is 11.6 Å². The lowest BCUT2D eigenvalue weighted by molar-refractivity contribution is 0.371. The Balaban J connectivity index is 3.68. The summed E-state index contributed by atoms with van der Waals surface area (Å²) in [5.41, 5.74) is 0. The van der Waals surface area contributed by atoms with Crippen LogP contribution < -0.4 is 4.74 Å². The summed E-state index contributed by atoms with van der Waals surface area (Å²) in [5, 5.41) is -0.851. The van der Waals surface area contributed by atoms with Crippen molar-refractivity contribution >= 4 is 31.3 Å². The molecule has 0 aromatic heterocycles. The van der Waals surface area contributed by atoms with Gasteiger partial charge in [0.2, 0.25) is 0 Å². The van der Waals surface area contributed by atoms with Gasteiger partial charge < -0.3 is 4.74 Å². The summed E-state index contributed by atoms with van der Waals surface area (Å²) in [7, 11) is 1.67. The van der Waals surface area contributed by atoms with E-state index >= 15 is 0 Å². The van der Waals surface area contributed by atoms with E-state index in [1.54, 1.807) is 0 Å². The van der Waals surface area contributed by atoms with Gasteiger partial charge in [0.15, 0.2) is 11.6 Å². The molecule has 0 saturated carbocycles. The number of ether oxygens (including phenoxy) is 1. The minimum Gasteiger partial charge on any atom is -0.492 e. The maximum atomic E-state index is 13.2. The number of hydrogen-bond acceptors (Lipinski definition) is 3. The Kier molecular flexibility index (Phi) is 3.42.